The summed E-state index contributed by atoms with van der Waals surface area (Å²) in [5.41, 5.74) is 0. The second kappa shape index (κ2) is 9.70. The molecular formula is C3H10AlNaO. The van der Waals surface area contributed by atoms with Gasteiger partial charge in [0.1, 0.15) is 0 Å². The summed E-state index contributed by atoms with van der Waals surface area (Å²) in [5.74, 6) is 0. The second-order valence-corrected chi connectivity index (χ2v) is 1.99. The molecule has 0 aromatic heterocycles. The van der Waals surface area contributed by atoms with Gasteiger partial charge in [-0.3, -0.25) is 0 Å². The van der Waals surface area contributed by atoms with Crippen LogP contribution in [0.1, 0.15) is 1.43 Å². The summed E-state index contributed by atoms with van der Waals surface area (Å²) in [7, 11) is 1.73. The van der Waals surface area contributed by atoms with Crippen LogP contribution in [-0.2, 0) is 4.74 Å². The fourth-order valence-corrected chi connectivity index (χ4v) is 0.612. The molecule has 0 atom stereocenters. The normalized spacial score (nSPS) is 6.83. The average molecular weight is 112 g/mol. The van der Waals surface area contributed by atoms with E-state index in [1.54, 1.807) is 7.11 Å². The third-order valence-corrected chi connectivity index (χ3v) is 0.816. The molecule has 0 aromatic rings. The van der Waals surface area contributed by atoms with Crippen molar-refractivity contribution in [2.45, 2.75) is 5.28 Å². The molecule has 0 aliphatic carbocycles. The maximum absolute atomic E-state index is 4.73. The smallest absolute Gasteiger partial charge is 1.00 e. The molecule has 0 bridgehead atoms. The van der Waals surface area contributed by atoms with E-state index in [4.69, 9.17) is 4.74 Å². The number of ether oxygens (including phenoxy) is 1. The molecule has 0 heterocycles. The van der Waals surface area contributed by atoms with Crippen molar-refractivity contribution in [3.63, 3.8) is 0 Å². The van der Waals surface area contributed by atoms with Gasteiger partial charge >= 0.3 is 29.6 Å². The molecule has 3 heteroatoms. The fourth-order valence-electron chi connectivity index (χ4n) is 0.204. The van der Waals surface area contributed by atoms with Gasteiger partial charge in [0, 0.05) is 13.7 Å². The SMILES string of the molecule is COC[CH2][AlH2].[H-].[Na+]. The van der Waals surface area contributed by atoms with Crippen LogP contribution in [0.5, 0.6) is 0 Å². The summed E-state index contributed by atoms with van der Waals surface area (Å²) >= 11 is 1.27. The van der Waals surface area contributed by atoms with E-state index in [0.29, 0.717) is 0 Å². The molecule has 0 fully saturated rings. The van der Waals surface area contributed by atoms with E-state index >= 15 is 0 Å². The number of hydrogen-bond acceptors (Lipinski definition) is 1. The van der Waals surface area contributed by atoms with Gasteiger partial charge in [0.15, 0.2) is 0 Å². The molecule has 1 nitrogen and oxygen atoms in total. The zero-order chi connectivity index (χ0) is 4.12. The molecule has 0 saturated heterocycles. The summed E-state index contributed by atoms with van der Waals surface area (Å²) in [5, 5.41) is 1.26. The van der Waals surface area contributed by atoms with Crippen LogP contribution >= 0.6 is 0 Å². The molecule has 0 rings (SSSR count). The van der Waals surface area contributed by atoms with Gasteiger partial charge in [0.05, 0.1) is 0 Å². The van der Waals surface area contributed by atoms with Gasteiger partial charge in [-0.1, -0.05) is 5.28 Å². The quantitative estimate of drug-likeness (QED) is 0.342. The molecule has 0 radical (unpaired) electrons. The van der Waals surface area contributed by atoms with Gasteiger partial charge in [-0.25, -0.2) is 0 Å². The molecule has 0 amide bonds. The van der Waals surface area contributed by atoms with Crippen molar-refractivity contribution >= 4 is 16.3 Å². The molecule has 0 unspecified atom stereocenters. The fraction of sp³-hybridized carbons (Fsp3) is 1.00. The molecule has 0 saturated carbocycles. The first-order valence-electron chi connectivity index (χ1n) is 1.90. The predicted molar refractivity (Wildman–Crippen MR) is 26.3 cm³/mol. The summed E-state index contributed by atoms with van der Waals surface area (Å²) in [6.07, 6.45) is 0. The minimum absolute atomic E-state index is 0. The first-order chi connectivity index (χ1) is 2.41. The Morgan fingerprint density at radius 3 is 2.33 bits per heavy atom. The zero-order valence-corrected chi connectivity index (χ0v) is 8.82. The Bertz CT molecular complexity index is 22.4. The van der Waals surface area contributed by atoms with Crippen LogP contribution < -0.4 is 29.6 Å². The van der Waals surface area contributed by atoms with Gasteiger partial charge in [-0.15, -0.1) is 0 Å². The van der Waals surface area contributed by atoms with E-state index in [0.717, 1.165) is 6.61 Å². The molecule has 0 aliphatic rings. The van der Waals surface area contributed by atoms with Gasteiger partial charge < -0.3 is 6.16 Å². The van der Waals surface area contributed by atoms with Gasteiger partial charge in [0.2, 0.25) is 16.3 Å². The summed E-state index contributed by atoms with van der Waals surface area (Å²) in [6.45, 7) is 0.951. The van der Waals surface area contributed by atoms with Crippen molar-refractivity contribution in [2.24, 2.45) is 0 Å². The monoisotopic (exact) mass is 112 g/mol. The van der Waals surface area contributed by atoms with Crippen LogP contribution in [0, 0.1) is 0 Å². The van der Waals surface area contributed by atoms with Crippen molar-refractivity contribution in [2.75, 3.05) is 13.7 Å². The standard InChI is InChI=1S/C3H7O.Al.Na.3H/c1-3-4-2;;;;;/h1,3H2,2H3;;;;;/q;;+1;;;-1. The third kappa shape index (κ3) is 9.09. The minimum atomic E-state index is 0. The van der Waals surface area contributed by atoms with Crippen LogP contribution in [0.2, 0.25) is 5.28 Å². The molecule has 6 heavy (non-hydrogen) atoms. The van der Waals surface area contributed by atoms with Crippen LogP contribution in [0.3, 0.4) is 0 Å². The van der Waals surface area contributed by atoms with Crippen LogP contribution in [-0.4, -0.2) is 30.0 Å². The van der Waals surface area contributed by atoms with E-state index in [1.165, 1.54) is 21.6 Å². The number of hydrogen-bond donors (Lipinski definition) is 0. The maximum Gasteiger partial charge on any atom is 1.00 e. The van der Waals surface area contributed by atoms with Crippen molar-refractivity contribution in [3.05, 3.63) is 0 Å². The number of methoxy groups -OCH3 is 1. The van der Waals surface area contributed by atoms with Crippen LogP contribution in [0.4, 0.5) is 0 Å². The topological polar surface area (TPSA) is 9.23 Å². The van der Waals surface area contributed by atoms with Crippen molar-refractivity contribution in [3.8, 4) is 0 Å². The third-order valence-electron chi connectivity index (χ3n) is 0.408. The van der Waals surface area contributed by atoms with Gasteiger partial charge in [-0.05, 0) is 0 Å². The summed E-state index contributed by atoms with van der Waals surface area (Å²) < 4.78 is 4.73. The van der Waals surface area contributed by atoms with Crippen molar-refractivity contribution in [1.29, 1.82) is 0 Å². The Labute approximate surface area is 70.6 Å². The van der Waals surface area contributed by atoms with Crippen molar-refractivity contribution in [1.82, 2.24) is 0 Å². The minimum Gasteiger partial charge on any atom is -1.00 e. The molecular weight excluding hydrogens is 102 g/mol. The Hall–Kier alpha value is 1.49. The Balaban J connectivity index is -0.0000000800. The predicted octanol–water partition coefficient (Wildman–Crippen LogP) is -3.20. The van der Waals surface area contributed by atoms with E-state index < -0.39 is 0 Å². The van der Waals surface area contributed by atoms with E-state index in [1.807, 2.05) is 0 Å². The number of rotatable bonds is 2. The van der Waals surface area contributed by atoms with E-state index in [9.17, 15) is 0 Å². The summed E-state index contributed by atoms with van der Waals surface area (Å²) in [6, 6.07) is 0. The first-order valence-corrected chi connectivity index (χ1v) is 3.32. The van der Waals surface area contributed by atoms with Crippen LogP contribution in [0.15, 0.2) is 0 Å². The largest absolute Gasteiger partial charge is 1.00 e. The molecule has 0 N–H and O–H groups in total. The maximum atomic E-state index is 4.73. The second-order valence-electron chi connectivity index (χ2n) is 0.993. The zero-order valence-electron chi connectivity index (χ0n) is 5.82. The van der Waals surface area contributed by atoms with Crippen LogP contribution in [0.25, 0.3) is 0 Å². The Kier molecular flexibility index (Phi) is 16.9. The van der Waals surface area contributed by atoms with Gasteiger partial charge in [-0.2, -0.15) is 0 Å². The molecule has 0 aromatic carbocycles. The molecule has 0 aliphatic heterocycles. The Morgan fingerprint density at radius 2 is 2.33 bits per heavy atom. The molecule has 0 spiro atoms. The Morgan fingerprint density at radius 1 is 1.83 bits per heavy atom. The van der Waals surface area contributed by atoms with Crippen molar-refractivity contribution < 1.29 is 35.7 Å². The first kappa shape index (κ1) is 10.5. The van der Waals surface area contributed by atoms with Gasteiger partial charge in [0.25, 0.3) is 0 Å². The van der Waals surface area contributed by atoms with E-state index in [-0.39, 0.29) is 31.0 Å². The molecule has 32 valence electrons. The average Bonchev–Trinajstić information content (AvgIpc) is 1.41. The van der Waals surface area contributed by atoms with E-state index in [2.05, 4.69) is 0 Å². The summed E-state index contributed by atoms with van der Waals surface area (Å²) in [4.78, 5) is 0.